The van der Waals surface area contributed by atoms with Gasteiger partial charge < -0.3 is 25.2 Å². The first-order valence-corrected chi connectivity index (χ1v) is 9.10. The first kappa shape index (κ1) is 20.8. The number of hydrogen-bond acceptors (Lipinski definition) is 8. The number of para-hydroxylation sites is 1. The van der Waals surface area contributed by atoms with E-state index < -0.39 is 35.9 Å². The van der Waals surface area contributed by atoms with E-state index in [-0.39, 0.29) is 35.7 Å². The number of amides is 2. The molecule has 1 aliphatic rings. The summed E-state index contributed by atoms with van der Waals surface area (Å²) in [5.41, 5.74) is -0.282. The number of ether oxygens (including phenoxy) is 2. The molecule has 0 radical (unpaired) electrons. The lowest BCUT2D eigenvalue weighted by Crippen LogP contribution is -2.54. The van der Waals surface area contributed by atoms with Crippen LogP contribution in [0.25, 0.3) is 0 Å². The molecule has 0 aliphatic carbocycles. The molecule has 30 heavy (non-hydrogen) atoms. The van der Waals surface area contributed by atoms with Crippen LogP contribution in [0.5, 0.6) is 11.5 Å². The molecule has 2 amide bonds. The lowest BCUT2D eigenvalue weighted by molar-refractivity contribution is -0.134. The fraction of sp³-hybridized carbons (Fsp3) is 0.250. The molecule has 10 nitrogen and oxygen atoms in total. The molecule has 0 saturated heterocycles. The van der Waals surface area contributed by atoms with E-state index in [2.05, 4.69) is 15.6 Å². The number of aromatic hydroxyl groups is 1. The van der Waals surface area contributed by atoms with Gasteiger partial charge >= 0.3 is 11.9 Å². The van der Waals surface area contributed by atoms with E-state index in [0.717, 1.165) is 0 Å². The Kier molecular flexibility index (Phi) is 6.26. The van der Waals surface area contributed by atoms with E-state index in [9.17, 15) is 24.3 Å². The number of nitrogens with zero attached hydrogens (tertiary/aromatic N) is 1. The van der Waals surface area contributed by atoms with Gasteiger partial charge in [0, 0.05) is 12.7 Å². The van der Waals surface area contributed by atoms with Gasteiger partial charge in [-0.25, -0.2) is 9.78 Å². The summed E-state index contributed by atoms with van der Waals surface area (Å²) in [7, 11) is 0. The number of esters is 2. The monoisotopic (exact) mass is 413 g/mol. The van der Waals surface area contributed by atoms with Crippen LogP contribution in [0.2, 0.25) is 0 Å². The second kappa shape index (κ2) is 9.03. The molecule has 2 heterocycles. The van der Waals surface area contributed by atoms with Crippen molar-refractivity contribution in [2.45, 2.75) is 25.5 Å². The maximum atomic E-state index is 12.6. The normalized spacial score (nSPS) is 19.8. The standard InChI is InChI=1S/C20H19N3O7/c1-11-16(23-19(27)17-13(24)6-4-9-21-17)18(26)22-10-8-15(25)30-14-7-3-2-5-12(14)20(28)29-11/h2-7,9,11,16,24H,8,10H2,1H3,(H,22,26)(H,23,27)/t11-,16+/m1/s1. The minimum atomic E-state index is -1.30. The molecule has 0 bridgehead atoms. The molecule has 2 atom stereocenters. The summed E-state index contributed by atoms with van der Waals surface area (Å²) >= 11 is 0. The molecule has 10 heteroatoms. The summed E-state index contributed by atoms with van der Waals surface area (Å²) < 4.78 is 10.5. The summed E-state index contributed by atoms with van der Waals surface area (Å²) in [5, 5.41) is 14.7. The lowest BCUT2D eigenvalue weighted by Gasteiger charge is -2.25. The van der Waals surface area contributed by atoms with E-state index >= 15 is 0 Å². The third-order valence-corrected chi connectivity index (χ3v) is 4.29. The zero-order valence-corrected chi connectivity index (χ0v) is 16.0. The van der Waals surface area contributed by atoms with Crippen LogP contribution < -0.4 is 15.4 Å². The van der Waals surface area contributed by atoms with E-state index in [1.807, 2.05) is 0 Å². The minimum absolute atomic E-state index is 0.00567. The van der Waals surface area contributed by atoms with Gasteiger partial charge in [0.25, 0.3) is 5.91 Å². The quantitative estimate of drug-likeness (QED) is 0.478. The van der Waals surface area contributed by atoms with Crippen LogP contribution in [-0.4, -0.2) is 52.5 Å². The molecule has 156 valence electrons. The molecule has 1 aromatic carbocycles. The van der Waals surface area contributed by atoms with Crippen LogP contribution >= 0.6 is 0 Å². The highest BCUT2D eigenvalue weighted by atomic mass is 16.6. The van der Waals surface area contributed by atoms with Crippen LogP contribution in [0.15, 0.2) is 42.6 Å². The van der Waals surface area contributed by atoms with E-state index in [4.69, 9.17) is 9.47 Å². The first-order valence-electron chi connectivity index (χ1n) is 9.10. The van der Waals surface area contributed by atoms with Crippen molar-refractivity contribution in [3.8, 4) is 11.5 Å². The number of aromatic nitrogens is 1. The zero-order chi connectivity index (χ0) is 21.7. The lowest BCUT2D eigenvalue weighted by atomic mass is 10.1. The molecule has 2 aromatic rings. The average molecular weight is 413 g/mol. The van der Waals surface area contributed by atoms with Crippen molar-refractivity contribution in [3.05, 3.63) is 53.9 Å². The Bertz CT molecular complexity index is 992. The minimum Gasteiger partial charge on any atom is -0.505 e. The van der Waals surface area contributed by atoms with Gasteiger partial charge in [0.2, 0.25) is 5.91 Å². The predicted molar refractivity (Wildman–Crippen MR) is 102 cm³/mol. The van der Waals surface area contributed by atoms with Crippen LogP contribution in [-0.2, 0) is 14.3 Å². The van der Waals surface area contributed by atoms with Gasteiger partial charge in [0.1, 0.15) is 29.2 Å². The Hall–Kier alpha value is -3.95. The zero-order valence-electron chi connectivity index (χ0n) is 16.0. The van der Waals surface area contributed by atoms with Crippen molar-refractivity contribution >= 4 is 23.8 Å². The SMILES string of the molecule is C[C@H]1OC(=O)c2ccccc2OC(=O)CCNC(=O)[C@H]1NC(=O)c1ncccc1O. The highest BCUT2D eigenvalue weighted by Gasteiger charge is 2.32. The second-order valence-electron chi connectivity index (χ2n) is 6.44. The van der Waals surface area contributed by atoms with Gasteiger partial charge in [-0.1, -0.05) is 12.1 Å². The van der Waals surface area contributed by atoms with Gasteiger partial charge in [-0.3, -0.25) is 14.4 Å². The number of pyridine rings is 1. The molecular formula is C20H19N3O7. The van der Waals surface area contributed by atoms with E-state index in [0.29, 0.717) is 0 Å². The summed E-state index contributed by atoms with van der Waals surface area (Å²) in [6.45, 7) is 1.38. The summed E-state index contributed by atoms with van der Waals surface area (Å²) in [5.74, 6) is -3.33. The highest BCUT2D eigenvalue weighted by molar-refractivity contribution is 5.99. The van der Waals surface area contributed by atoms with Crippen molar-refractivity contribution in [2.24, 2.45) is 0 Å². The third kappa shape index (κ3) is 4.72. The van der Waals surface area contributed by atoms with Crippen molar-refractivity contribution < 1.29 is 33.8 Å². The second-order valence-corrected chi connectivity index (χ2v) is 6.44. The topological polar surface area (TPSA) is 144 Å². The summed E-state index contributed by atoms with van der Waals surface area (Å²) in [6.07, 6.45) is 0.0721. The smallest absolute Gasteiger partial charge is 0.342 e. The first-order chi connectivity index (χ1) is 14.4. The summed E-state index contributed by atoms with van der Waals surface area (Å²) in [4.78, 5) is 53.5. The number of nitrogens with one attached hydrogen (secondary N) is 2. The number of carbonyl (C=O) groups excluding carboxylic acids is 4. The molecule has 0 unspecified atom stereocenters. The molecule has 1 aromatic heterocycles. The van der Waals surface area contributed by atoms with Crippen LogP contribution in [0.3, 0.4) is 0 Å². The van der Waals surface area contributed by atoms with Gasteiger partial charge in [0.05, 0.1) is 6.42 Å². The van der Waals surface area contributed by atoms with Gasteiger partial charge in [-0.15, -0.1) is 0 Å². The number of rotatable bonds is 2. The van der Waals surface area contributed by atoms with E-state index in [1.54, 1.807) is 12.1 Å². The maximum absolute atomic E-state index is 12.6. The van der Waals surface area contributed by atoms with Crippen LogP contribution in [0.4, 0.5) is 0 Å². The molecule has 0 fully saturated rings. The largest absolute Gasteiger partial charge is 0.505 e. The molecule has 0 saturated carbocycles. The van der Waals surface area contributed by atoms with Crippen LogP contribution in [0.1, 0.15) is 34.2 Å². The molecule has 3 N–H and O–H groups in total. The van der Waals surface area contributed by atoms with Gasteiger partial charge in [-0.05, 0) is 31.2 Å². The maximum Gasteiger partial charge on any atom is 0.342 e. The van der Waals surface area contributed by atoms with E-state index in [1.165, 1.54) is 37.4 Å². The summed E-state index contributed by atoms with van der Waals surface area (Å²) in [6, 6.07) is 7.45. The molecular weight excluding hydrogens is 394 g/mol. The number of carbonyl (C=O) groups is 4. The fourth-order valence-corrected chi connectivity index (χ4v) is 2.77. The Balaban J connectivity index is 1.87. The van der Waals surface area contributed by atoms with Crippen molar-refractivity contribution in [1.82, 2.24) is 15.6 Å². The number of fused-ring (bicyclic) bond motifs is 1. The highest BCUT2D eigenvalue weighted by Crippen LogP contribution is 2.21. The Morgan fingerprint density at radius 2 is 1.97 bits per heavy atom. The Morgan fingerprint density at radius 3 is 2.73 bits per heavy atom. The predicted octanol–water partition coefficient (Wildman–Crippen LogP) is 0.556. The third-order valence-electron chi connectivity index (χ3n) is 4.29. The van der Waals surface area contributed by atoms with Gasteiger partial charge in [0.15, 0.2) is 5.69 Å². The molecule has 3 rings (SSSR count). The Labute approximate surface area is 171 Å². The number of hydrogen-bond donors (Lipinski definition) is 3. The van der Waals surface area contributed by atoms with Crippen molar-refractivity contribution in [3.63, 3.8) is 0 Å². The molecule has 0 spiro atoms. The van der Waals surface area contributed by atoms with Crippen molar-refractivity contribution in [1.29, 1.82) is 0 Å². The fourth-order valence-electron chi connectivity index (χ4n) is 2.77. The molecule has 1 aliphatic heterocycles. The average Bonchev–Trinajstić information content (AvgIpc) is 2.71. The number of benzene rings is 1. The van der Waals surface area contributed by atoms with Crippen molar-refractivity contribution in [2.75, 3.05) is 6.54 Å². The van der Waals surface area contributed by atoms with Gasteiger partial charge in [-0.2, -0.15) is 0 Å². The van der Waals surface area contributed by atoms with Crippen LogP contribution in [0, 0.1) is 0 Å². The Morgan fingerprint density at radius 1 is 1.20 bits per heavy atom. The number of cyclic esters (lactones) is 1.